The molecule has 1 aromatic heterocycles. The molecule has 1 fully saturated rings. The Balaban J connectivity index is 1.94. The van der Waals surface area contributed by atoms with Crippen LogP contribution in [0, 0.1) is 5.92 Å². The van der Waals surface area contributed by atoms with Crippen molar-refractivity contribution >= 4 is 10.0 Å². The molecule has 114 valence electrons. The number of hydrogen-bond donors (Lipinski definition) is 3. The molecule has 1 atom stereocenters. The van der Waals surface area contributed by atoms with Gasteiger partial charge in [-0.15, -0.1) is 0 Å². The monoisotopic (exact) mass is 299 g/mol. The number of aromatic amines is 1. The van der Waals surface area contributed by atoms with Gasteiger partial charge in [0, 0.05) is 24.5 Å². The average molecular weight is 299 g/mol. The summed E-state index contributed by atoms with van der Waals surface area (Å²) in [6, 6.07) is 1.73. The Kier molecular flexibility index (Phi) is 5.23. The summed E-state index contributed by atoms with van der Waals surface area (Å²) in [6.07, 6.45) is 6.10. The van der Waals surface area contributed by atoms with Gasteiger partial charge in [-0.2, -0.15) is 0 Å². The Bertz CT molecular complexity index is 520. The Labute approximate surface area is 121 Å². The summed E-state index contributed by atoms with van der Waals surface area (Å²) in [5, 5.41) is 3.25. The SMILES string of the molecule is CCCNCc1cc(S(=O)(=O)NC(C)C2CCC2)c[nH]1. The summed E-state index contributed by atoms with van der Waals surface area (Å²) < 4.78 is 27.3. The van der Waals surface area contributed by atoms with Gasteiger partial charge in [-0.1, -0.05) is 13.3 Å². The van der Waals surface area contributed by atoms with Gasteiger partial charge in [0.2, 0.25) is 10.0 Å². The minimum Gasteiger partial charge on any atom is -0.363 e. The van der Waals surface area contributed by atoms with Crippen LogP contribution in [0.3, 0.4) is 0 Å². The molecule has 1 aliphatic carbocycles. The summed E-state index contributed by atoms with van der Waals surface area (Å²) in [4.78, 5) is 3.35. The first-order chi connectivity index (χ1) is 9.53. The molecule has 20 heavy (non-hydrogen) atoms. The number of hydrogen-bond acceptors (Lipinski definition) is 3. The van der Waals surface area contributed by atoms with Crippen LogP contribution in [0.4, 0.5) is 0 Å². The van der Waals surface area contributed by atoms with Gasteiger partial charge in [0.15, 0.2) is 0 Å². The van der Waals surface area contributed by atoms with Crippen LogP contribution in [-0.2, 0) is 16.6 Å². The van der Waals surface area contributed by atoms with E-state index in [1.807, 2.05) is 6.92 Å². The van der Waals surface area contributed by atoms with E-state index in [-0.39, 0.29) is 6.04 Å². The van der Waals surface area contributed by atoms with Crippen LogP contribution in [0.25, 0.3) is 0 Å². The minimum absolute atomic E-state index is 0.0188. The minimum atomic E-state index is -3.40. The summed E-state index contributed by atoms with van der Waals surface area (Å²) >= 11 is 0. The van der Waals surface area contributed by atoms with E-state index >= 15 is 0 Å². The van der Waals surface area contributed by atoms with E-state index in [4.69, 9.17) is 0 Å². The highest BCUT2D eigenvalue weighted by Crippen LogP contribution is 2.30. The van der Waals surface area contributed by atoms with Crippen molar-refractivity contribution in [1.82, 2.24) is 15.0 Å². The van der Waals surface area contributed by atoms with E-state index in [2.05, 4.69) is 21.9 Å². The molecule has 3 N–H and O–H groups in total. The third-order valence-electron chi connectivity index (χ3n) is 3.97. The molecule has 0 radical (unpaired) electrons. The summed E-state index contributed by atoms with van der Waals surface area (Å²) in [5.74, 6) is 0.495. The Morgan fingerprint density at radius 2 is 2.20 bits per heavy atom. The van der Waals surface area contributed by atoms with Gasteiger partial charge in [-0.25, -0.2) is 13.1 Å². The third kappa shape index (κ3) is 3.84. The molecule has 5 nitrogen and oxygen atoms in total. The molecule has 0 aromatic carbocycles. The molecule has 1 aromatic rings. The molecule has 0 spiro atoms. The topological polar surface area (TPSA) is 74.0 Å². The van der Waals surface area contributed by atoms with E-state index in [0.717, 1.165) is 31.5 Å². The lowest BCUT2D eigenvalue weighted by atomic mass is 9.81. The van der Waals surface area contributed by atoms with Crippen LogP contribution >= 0.6 is 0 Å². The van der Waals surface area contributed by atoms with Crippen molar-refractivity contribution in [1.29, 1.82) is 0 Å². The molecule has 0 bridgehead atoms. The van der Waals surface area contributed by atoms with Crippen LogP contribution in [-0.4, -0.2) is 26.0 Å². The number of aromatic nitrogens is 1. The zero-order valence-corrected chi connectivity index (χ0v) is 13.1. The maximum Gasteiger partial charge on any atom is 0.242 e. The Morgan fingerprint density at radius 3 is 2.80 bits per heavy atom. The van der Waals surface area contributed by atoms with Crippen LogP contribution in [0.5, 0.6) is 0 Å². The second-order valence-electron chi connectivity index (χ2n) is 5.64. The van der Waals surface area contributed by atoms with Crippen molar-refractivity contribution in [3.8, 4) is 0 Å². The number of nitrogens with one attached hydrogen (secondary N) is 3. The molecule has 2 rings (SSSR count). The van der Waals surface area contributed by atoms with Gasteiger partial charge in [-0.3, -0.25) is 0 Å². The van der Waals surface area contributed by atoms with Crippen molar-refractivity contribution in [2.24, 2.45) is 5.92 Å². The van der Waals surface area contributed by atoms with Crippen molar-refractivity contribution < 1.29 is 8.42 Å². The zero-order valence-electron chi connectivity index (χ0n) is 12.3. The first kappa shape index (κ1) is 15.5. The molecule has 0 aliphatic heterocycles. The van der Waals surface area contributed by atoms with Crippen LogP contribution in [0.1, 0.15) is 45.2 Å². The predicted octanol–water partition coefficient (Wildman–Crippen LogP) is 1.98. The fourth-order valence-corrected chi connectivity index (χ4v) is 3.75. The summed E-state index contributed by atoms with van der Waals surface area (Å²) in [6.45, 7) is 5.65. The average Bonchev–Trinajstić information content (AvgIpc) is 2.75. The Hall–Kier alpha value is -0.850. The zero-order chi connectivity index (χ0) is 14.6. The largest absolute Gasteiger partial charge is 0.363 e. The van der Waals surface area contributed by atoms with Crippen molar-refractivity contribution in [2.75, 3.05) is 6.54 Å². The van der Waals surface area contributed by atoms with E-state index in [9.17, 15) is 8.42 Å². The maximum atomic E-state index is 12.3. The highest BCUT2D eigenvalue weighted by Gasteiger charge is 2.28. The second-order valence-corrected chi connectivity index (χ2v) is 7.35. The molecule has 0 saturated heterocycles. The van der Waals surface area contributed by atoms with Crippen molar-refractivity contribution in [2.45, 2.75) is 57.0 Å². The first-order valence-electron chi connectivity index (χ1n) is 7.43. The number of rotatable bonds is 8. The Morgan fingerprint density at radius 1 is 1.45 bits per heavy atom. The van der Waals surface area contributed by atoms with Crippen LogP contribution in [0.2, 0.25) is 0 Å². The van der Waals surface area contributed by atoms with Gasteiger partial charge < -0.3 is 10.3 Å². The number of H-pyrrole nitrogens is 1. The highest BCUT2D eigenvalue weighted by atomic mass is 32.2. The normalized spacial score (nSPS) is 17.9. The first-order valence-corrected chi connectivity index (χ1v) is 8.91. The maximum absolute atomic E-state index is 12.3. The van der Waals surface area contributed by atoms with Gasteiger partial charge in [0.25, 0.3) is 0 Å². The summed E-state index contributed by atoms with van der Waals surface area (Å²) in [7, 11) is -3.40. The van der Waals surface area contributed by atoms with Gasteiger partial charge in [-0.05, 0) is 44.7 Å². The van der Waals surface area contributed by atoms with E-state index in [0.29, 0.717) is 17.4 Å². The van der Waals surface area contributed by atoms with Crippen molar-refractivity contribution in [3.63, 3.8) is 0 Å². The lowest BCUT2D eigenvalue weighted by Gasteiger charge is -2.31. The molecular weight excluding hydrogens is 274 g/mol. The van der Waals surface area contributed by atoms with E-state index in [1.54, 1.807) is 12.3 Å². The standard InChI is InChI=1S/C14H25N3O2S/c1-3-7-15-9-13-8-14(10-16-13)20(18,19)17-11(2)12-5-4-6-12/h8,10-12,15-17H,3-7,9H2,1-2H3. The van der Waals surface area contributed by atoms with Gasteiger partial charge >= 0.3 is 0 Å². The summed E-state index contributed by atoms with van der Waals surface area (Å²) in [5.41, 5.74) is 0.898. The smallest absolute Gasteiger partial charge is 0.242 e. The highest BCUT2D eigenvalue weighted by molar-refractivity contribution is 7.89. The van der Waals surface area contributed by atoms with E-state index in [1.165, 1.54) is 6.42 Å². The fraction of sp³-hybridized carbons (Fsp3) is 0.714. The quantitative estimate of drug-likeness (QED) is 0.643. The molecule has 1 saturated carbocycles. The second kappa shape index (κ2) is 6.74. The van der Waals surface area contributed by atoms with Gasteiger partial charge in [0.05, 0.1) is 4.90 Å². The van der Waals surface area contributed by atoms with E-state index < -0.39 is 10.0 Å². The molecular formula is C14H25N3O2S. The third-order valence-corrected chi connectivity index (χ3v) is 5.51. The molecule has 0 amide bonds. The van der Waals surface area contributed by atoms with Crippen LogP contribution in [0.15, 0.2) is 17.2 Å². The lowest BCUT2D eigenvalue weighted by Crippen LogP contribution is -2.40. The van der Waals surface area contributed by atoms with Crippen LogP contribution < -0.4 is 10.0 Å². The van der Waals surface area contributed by atoms with Crippen molar-refractivity contribution in [3.05, 3.63) is 18.0 Å². The lowest BCUT2D eigenvalue weighted by molar-refractivity contribution is 0.260. The predicted molar refractivity (Wildman–Crippen MR) is 79.9 cm³/mol. The number of sulfonamides is 1. The molecule has 6 heteroatoms. The molecule has 1 heterocycles. The molecule has 1 aliphatic rings. The fourth-order valence-electron chi connectivity index (χ4n) is 2.42. The van der Waals surface area contributed by atoms with Gasteiger partial charge in [0.1, 0.15) is 0 Å². The molecule has 1 unspecified atom stereocenters.